The van der Waals surface area contributed by atoms with Gasteiger partial charge in [0.05, 0.1) is 9.90 Å². The van der Waals surface area contributed by atoms with Gasteiger partial charge in [0, 0.05) is 12.1 Å². The second-order valence-corrected chi connectivity index (χ2v) is 5.80. The van der Waals surface area contributed by atoms with E-state index in [0.29, 0.717) is 5.92 Å². The van der Waals surface area contributed by atoms with Gasteiger partial charge in [0.2, 0.25) is 0 Å². The predicted octanol–water partition coefficient (Wildman–Crippen LogP) is 3.60. The lowest BCUT2D eigenvalue weighted by atomic mass is 10.1. The molecule has 0 spiro atoms. The topological polar surface area (TPSA) is 37.8 Å². The minimum atomic E-state index is 0.634. The van der Waals surface area contributed by atoms with E-state index >= 15 is 0 Å². The van der Waals surface area contributed by atoms with Crippen molar-refractivity contribution in [2.45, 2.75) is 20.4 Å². The lowest BCUT2D eigenvalue weighted by Gasteiger charge is -2.07. The van der Waals surface area contributed by atoms with Gasteiger partial charge in [-0.05, 0) is 30.1 Å². The van der Waals surface area contributed by atoms with E-state index in [1.165, 1.54) is 11.5 Å². The van der Waals surface area contributed by atoms with Gasteiger partial charge < -0.3 is 5.32 Å². The molecule has 0 saturated heterocycles. The van der Waals surface area contributed by atoms with Crippen LogP contribution in [0.4, 0.5) is 0 Å². The Morgan fingerprint density at radius 1 is 1.33 bits per heavy atom. The summed E-state index contributed by atoms with van der Waals surface area (Å²) in [6.07, 6.45) is 0. The highest BCUT2D eigenvalue weighted by atomic mass is 35.5. The third-order valence-electron chi connectivity index (χ3n) is 2.52. The van der Waals surface area contributed by atoms with Crippen molar-refractivity contribution in [3.8, 4) is 11.3 Å². The van der Waals surface area contributed by atoms with Crippen molar-refractivity contribution in [1.82, 2.24) is 14.9 Å². The fourth-order valence-corrected chi connectivity index (χ4v) is 2.51. The van der Waals surface area contributed by atoms with Crippen LogP contribution in [0.1, 0.15) is 18.7 Å². The first-order valence-electron chi connectivity index (χ1n) is 5.95. The summed E-state index contributed by atoms with van der Waals surface area (Å²) in [5.74, 6) is 0.634. The second kappa shape index (κ2) is 6.27. The average molecular weight is 282 g/mol. The van der Waals surface area contributed by atoms with Crippen LogP contribution in [0, 0.1) is 5.92 Å². The zero-order valence-electron chi connectivity index (χ0n) is 10.5. The molecule has 0 aliphatic rings. The average Bonchev–Trinajstić information content (AvgIpc) is 2.77. The molecule has 0 bridgehead atoms. The number of aromatic nitrogens is 2. The van der Waals surface area contributed by atoms with Crippen molar-refractivity contribution in [3.05, 3.63) is 34.2 Å². The van der Waals surface area contributed by atoms with Gasteiger partial charge in [-0.15, -0.1) is 5.10 Å². The van der Waals surface area contributed by atoms with Crippen molar-refractivity contribution >= 4 is 23.1 Å². The van der Waals surface area contributed by atoms with Crippen molar-refractivity contribution in [2.75, 3.05) is 6.54 Å². The maximum absolute atomic E-state index is 6.19. The number of nitrogens with zero attached hydrogens (tertiary/aromatic N) is 2. The fraction of sp³-hybridized carbons (Fsp3) is 0.385. The zero-order chi connectivity index (χ0) is 13.0. The smallest absolute Gasteiger partial charge is 0.111 e. The molecule has 0 fully saturated rings. The van der Waals surface area contributed by atoms with Crippen LogP contribution in [0.3, 0.4) is 0 Å². The summed E-state index contributed by atoms with van der Waals surface area (Å²) in [5.41, 5.74) is 1.84. The van der Waals surface area contributed by atoms with Crippen molar-refractivity contribution in [3.63, 3.8) is 0 Å². The van der Waals surface area contributed by atoms with Crippen LogP contribution in [0.25, 0.3) is 11.3 Å². The molecule has 2 rings (SSSR count). The Morgan fingerprint density at radius 2 is 2.11 bits per heavy atom. The molecule has 0 radical (unpaired) electrons. The van der Waals surface area contributed by atoms with E-state index in [1.54, 1.807) is 0 Å². The van der Waals surface area contributed by atoms with Crippen molar-refractivity contribution < 1.29 is 0 Å². The molecule has 0 aliphatic carbocycles. The number of benzene rings is 1. The number of hydrogen-bond acceptors (Lipinski definition) is 4. The third-order valence-corrected chi connectivity index (χ3v) is 3.57. The van der Waals surface area contributed by atoms with Crippen LogP contribution >= 0.6 is 23.1 Å². The number of rotatable bonds is 5. The zero-order valence-corrected chi connectivity index (χ0v) is 12.1. The van der Waals surface area contributed by atoms with E-state index in [2.05, 4.69) is 28.8 Å². The summed E-state index contributed by atoms with van der Waals surface area (Å²) in [6.45, 7) is 6.15. The van der Waals surface area contributed by atoms with Gasteiger partial charge in [-0.2, -0.15) is 0 Å². The van der Waals surface area contributed by atoms with Gasteiger partial charge in [0.25, 0.3) is 0 Å². The molecular formula is C13H16ClN3S. The van der Waals surface area contributed by atoms with Crippen molar-refractivity contribution in [2.24, 2.45) is 5.92 Å². The highest BCUT2D eigenvalue weighted by molar-refractivity contribution is 7.06. The van der Waals surface area contributed by atoms with Gasteiger partial charge >= 0.3 is 0 Å². The van der Waals surface area contributed by atoms with Crippen LogP contribution in [-0.4, -0.2) is 16.1 Å². The SMILES string of the molecule is CC(C)CNCc1snnc1-c1ccccc1Cl. The second-order valence-electron chi connectivity index (χ2n) is 4.55. The van der Waals surface area contributed by atoms with Gasteiger partial charge in [-0.3, -0.25) is 0 Å². The number of halogens is 1. The summed E-state index contributed by atoms with van der Waals surface area (Å²) in [4.78, 5) is 1.13. The molecule has 1 N–H and O–H groups in total. The molecule has 18 heavy (non-hydrogen) atoms. The first kappa shape index (κ1) is 13.5. The van der Waals surface area contributed by atoms with Crippen LogP contribution < -0.4 is 5.32 Å². The van der Waals surface area contributed by atoms with Crippen LogP contribution in [-0.2, 0) is 6.54 Å². The molecule has 1 aromatic heterocycles. The molecule has 0 atom stereocenters. The molecule has 5 heteroatoms. The molecule has 3 nitrogen and oxygen atoms in total. The Labute approximate surface area is 116 Å². The van der Waals surface area contributed by atoms with Gasteiger partial charge in [-0.1, -0.05) is 48.1 Å². The summed E-state index contributed by atoms with van der Waals surface area (Å²) < 4.78 is 4.03. The van der Waals surface area contributed by atoms with Crippen LogP contribution in [0.2, 0.25) is 5.02 Å². The van der Waals surface area contributed by atoms with Gasteiger partial charge in [-0.25, -0.2) is 0 Å². The highest BCUT2D eigenvalue weighted by Gasteiger charge is 2.12. The maximum Gasteiger partial charge on any atom is 0.111 e. The first-order valence-corrected chi connectivity index (χ1v) is 7.10. The minimum absolute atomic E-state index is 0.634. The van der Waals surface area contributed by atoms with E-state index in [4.69, 9.17) is 11.6 Å². The van der Waals surface area contributed by atoms with Gasteiger partial charge in [0.15, 0.2) is 0 Å². The van der Waals surface area contributed by atoms with E-state index in [0.717, 1.165) is 34.2 Å². The lowest BCUT2D eigenvalue weighted by molar-refractivity contribution is 0.555. The molecule has 1 aromatic carbocycles. The number of nitrogens with one attached hydrogen (secondary N) is 1. The number of hydrogen-bond donors (Lipinski definition) is 1. The molecule has 0 saturated carbocycles. The monoisotopic (exact) mass is 281 g/mol. The Morgan fingerprint density at radius 3 is 2.83 bits per heavy atom. The Bertz CT molecular complexity index is 510. The minimum Gasteiger partial charge on any atom is -0.311 e. The third kappa shape index (κ3) is 3.28. The normalized spacial score (nSPS) is 11.1. The summed E-state index contributed by atoms with van der Waals surface area (Å²) in [7, 11) is 0. The predicted molar refractivity (Wildman–Crippen MR) is 76.9 cm³/mol. The standard InChI is InChI=1S/C13H16ClN3S/c1-9(2)7-15-8-12-13(16-17-18-12)10-5-3-4-6-11(10)14/h3-6,9,15H,7-8H2,1-2H3. The van der Waals surface area contributed by atoms with E-state index < -0.39 is 0 Å². The Balaban J connectivity index is 2.15. The molecule has 96 valence electrons. The molecule has 0 amide bonds. The van der Waals surface area contributed by atoms with Crippen LogP contribution in [0.15, 0.2) is 24.3 Å². The molecule has 2 aromatic rings. The van der Waals surface area contributed by atoms with E-state index in [1.807, 2.05) is 24.3 Å². The molecule has 1 heterocycles. The summed E-state index contributed by atoms with van der Waals surface area (Å²) in [6, 6.07) is 7.74. The first-order chi connectivity index (χ1) is 8.68. The lowest BCUT2D eigenvalue weighted by Crippen LogP contribution is -2.18. The maximum atomic E-state index is 6.19. The van der Waals surface area contributed by atoms with Crippen molar-refractivity contribution in [1.29, 1.82) is 0 Å². The van der Waals surface area contributed by atoms with Crippen LogP contribution in [0.5, 0.6) is 0 Å². The quantitative estimate of drug-likeness (QED) is 0.910. The summed E-state index contributed by atoms with van der Waals surface area (Å²) in [5, 5.41) is 8.31. The van der Waals surface area contributed by atoms with E-state index in [9.17, 15) is 0 Å². The van der Waals surface area contributed by atoms with Gasteiger partial charge in [0.1, 0.15) is 5.69 Å². The molecule has 0 unspecified atom stereocenters. The Kier molecular flexibility index (Phi) is 4.69. The largest absolute Gasteiger partial charge is 0.311 e. The van der Waals surface area contributed by atoms with E-state index in [-0.39, 0.29) is 0 Å². The molecule has 0 aliphatic heterocycles. The highest BCUT2D eigenvalue weighted by Crippen LogP contribution is 2.29. The molecular weight excluding hydrogens is 266 g/mol. The fourth-order valence-electron chi connectivity index (χ4n) is 1.66. The Hall–Kier alpha value is -0.970. The summed E-state index contributed by atoms with van der Waals surface area (Å²) >= 11 is 7.61.